The Bertz CT molecular complexity index is 810. The van der Waals surface area contributed by atoms with Crippen molar-refractivity contribution in [2.75, 3.05) is 13.2 Å². The lowest BCUT2D eigenvalue weighted by Crippen LogP contribution is -2.18. The van der Waals surface area contributed by atoms with Gasteiger partial charge in [-0.1, -0.05) is 60.7 Å². The molecule has 0 spiro atoms. The van der Waals surface area contributed by atoms with Gasteiger partial charge in [0.25, 0.3) is 0 Å². The van der Waals surface area contributed by atoms with Gasteiger partial charge in [0.15, 0.2) is 11.5 Å². The summed E-state index contributed by atoms with van der Waals surface area (Å²) in [6, 6.07) is 21.9. The number of benzene rings is 2. The molecule has 0 bridgehead atoms. The highest BCUT2D eigenvalue weighted by molar-refractivity contribution is 5.39. The molecule has 2 aromatic carbocycles. The molecule has 0 saturated heterocycles. The van der Waals surface area contributed by atoms with Gasteiger partial charge < -0.3 is 19.9 Å². The first-order valence-corrected chi connectivity index (χ1v) is 8.99. The van der Waals surface area contributed by atoms with E-state index < -0.39 is 0 Å². The van der Waals surface area contributed by atoms with E-state index in [2.05, 4.69) is 10.3 Å². The summed E-state index contributed by atoms with van der Waals surface area (Å²) in [7, 11) is 0. The highest BCUT2D eigenvalue weighted by Crippen LogP contribution is 2.28. The molecule has 0 aliphatic carbocycles. The van der Waals surface area contributed by atoms with Crippen LogP contribution in [0.1, 0.15) is 16.8 Å². The van der Waals surface area contributed by atoms with Crippen LogP contribution in [0.4, 0.5) is 0 Å². The van der Waals surface area contributed by atoms with Gasteiger partial charge in [-0.15, -0.1) is 0 Å². The fourth-order valence-corrected chi connectivity index (χ4v) is 2.55. The molecule has 0 radical (unpaired) electrons. The number of pyridine rings is 1. The number of hydrogen-bond donors (Lipinski definition) is 2. The van der Waals surface area contributed by atoms with Crippen LogP contribution in [0.3, 0.4) is 0 Å². The van der Waals surface area contributed by atoms with Crippen LogP contribution in [-0.2, 0) is 19.8 Å². The molecule has 1 heterocycles. The number of rotatable bonds is 10. The Morgan fingerprint density at radius 2 is 1.41 bits per heavy atom. The molecule has 0 atom stereocenters. The van der Waals surface area contributed by atoms with Crippen molar-refractivity contribution in [3.8, 4) is 11.5 Å². The molecule has 3 aromatic rings. The first kappa shape index (κ1) is 18.9. The summed E-state index contributed by atoms with van der Waals surface area (Å²) in [6.45, 7) is 2.08. The molecule has 1 aromatic heterocycles. The monoisotopic (exact) mass is 364 g/mol. The fourth-order valence-electron chi connectivity index (χ4n) is 2.55. The van der Waals surface area contributed by atoms with E-state index in [1.165, 1.54) is 0 Å². The van der Waals surface area contributed by atoms with Gasteiger partial charge in [-0.3, -0.25) is 4.98 Å². The molecule has 0 aliphatic rings. The van der Waals surface area contributed by atoms with Crippen LogP contribution in [0.2, 0.25) is 0 Å². The van der Waals surface area contributed by atoms with Crippen molar-refractivity contribution >= 4 is 0 Å². The summed E-state index contributed by atoms with van der Waals surface area (Å²) >= 11 is 0. The number of nitrogens with zero attached hydrogens (tertiary/aromatic N) is 1. The van der Waals surface area contributed by atoms with Crippen molar-refractivity contribution < 1.29 is 14.6 Å². The average Bonchev–Trinajstić information content (AvgIpc) is 2.73. The molecular formula is C22H24N2O3. The van der Waals surface area contributed by atoms with Crippen molar-refractivity contribution in [1.82, 2.24) is 10.3 Å². The predicted octanol–water partition coefficient (Wildman–Crippen LogP) is 3.32. The fraction of sp³-hybridized carbons (Fsp3) is 0.227. The highest BCUT2D eigenvalue weighted by Gasteiger charge is 2.09. The van der Waals surface area contributed by atoms with Crippen LogP contribution >= 0.6 is 0 Å². The summed E-state index contributed by atoms with van der Waals surface area (Å²) in [6.07, 6.45) is 1.69. The molecule has 0 fully saturated rings. The van der Waals surface area contributed by atoms with Gasteiger partial charge in [-0.05, 0) is 11.1 Å². The minimum absolute atomic E-state index is 0.0929. The van der Waals surface area contributed by atoms with Gasteiger partial charge in [0, 0.05) is 19.2 Å². The van der Waals surface area contributed by atoms with Crippen LogP contribution in [-0.4, -0.2) is 23.2 Å². The third-order valence-corrected chi connectivity index (χ3v) is 3.96. The molecule has 5 heteroatoms. The largest absolute Gasteiger partial charge is 0.485 e. The first-order valence-electron chi connectivity index (χ1n) is 8.99. The summed E-state index contributed by atoms with van der Waals surface area (Å²) < 4.78 is 12.0. The Kier molecular flexibility index (Phi) is 7.21. The number of aromatic nitrogens is 1. The van der Waals surface area contributed by atoms with Gasteiger partial charge in [-0.2, -0.15) is 0 Å². The first-order chi connectivity index (χ1) is 13.3. The Hall–Kier alpha value is -2.89. The quantitative estimate of drug-likeness (QED) is 0.540. The minimum atomic E-state index is 0.0929. The number of aliphatic hydroxyl groups is 1. The van der Waals surface area contributed by atoms with Crippen LogP contribution in [0.25, 0.3) is 0 Å². The second kappa shape index (κ2) is 10.3. The average molecular weight is 364 g/mol. The normalized spacial score (nSPS) is 10.6. The van der Waals surface area contributed by atoms with Gasteiger partial charge in [0.1, 0.15) is 13.2 Å². The molecule has 140 valence electrons. The van der Waals surface area contributed by atoms with Crippen molar-refractivity contribution in [3.63, 3.8) is 0 Å². The SMILES string of the molecule is OCCNCc1cc(OCc2ccccc2)c(OCc2ccccc2)cn1. The van der Waals surface area contributed by atoms with E-state index in [0.717, 1.165) is 16.8 Å². The van der Waals surface area contributed by atoms with Gasteiger partial charge in [0.05, 0.1) is 18.5 Å². The lowest BCUT2D eigenvalue weighted by molar-refractivity contribution is 0.254. The molecule has 27 heavy (non-hydrogen) atoms. The van der Waals surface area contributed by atoms with Crippen LogP contribution in [0.15, 0.2) is 72.9 Å². The molecule has 5 nitrogen and oxygen atoms in total. The molecule has 0 aliphatic heterocycles. The van der Waals surface area contributed by atoms with E-state index in [0.29, 0.717) is 37.8 Å². The topological polar surface area (TPSA) is 63.6 Å². The molecule has 0 amide bonds. The summed E-state index contributed by atoms with van der Waals surface area (Å²) in [5.74, 6) is 1.27. The molecule has 0 unspecified atom stereocenters. The zero-order chi connectivity index (χ0) is 18.7. The smallest absolute Gasteiger partial charge is 0.179 e. The van der Waals surface area contributed by atoms with Crippen molar-refractivity contribution in [3.05, 3.63) is 89.7 Å². The van der Waals surface area contributed by atoms with E-state index >= 15 is 0 Å². The second-order valence-corrected chi connectivity index (χ2v) is 6.07. The van der Waals surface area contributed by atoms with Gasteiger partial charge >= 0.3 is 0 Å². The third kappa shape index (κ3) is 6.09. The lowest BCUT2D eigenvalue weighted by Gasteiger charge is -2.14. The van der Waals surface area contributed by atoms with E-state index in [1.54, 1.807) is 6.20 Å². The lowest BCUT2D eigenvalue weighted by atomic mass is 10.2. The van der Waals surface area contributed by atoms with Gasteiger partial charge in [-0.25, -0.2) is 0 Å². The van der Waals surface area contributed by atoms with Gasteiger partial charge in [0.2, 0.25) is 0 Å². The number of aliphatic hydroxyl groups excluding tert-OH is 1. The van der Waals surface area contributed by atoms with Crippen molar-refractivity contribution in [2.24, 2.45) is 0 Å². The zero-order valence-corrected chi connectivity index (χ0v) is 15.2. The summed E-state index contributed by atoms with van der Waals surface area (Å²) in [5, 5.41) is 12.0. The Morgan fingerprint density at radius 1 is 0.815 bits per heavy atom. The Labute approximate surface area is 159 Å². The third-order valence-electron chi connectivity index (χ3n) is 3.96. The highest BCUT2D eigenvalue weighted by atomic mass is 16.5. The van der Waals surface area contributed by atoms with Crippen LogP contribution < -0.4 is 14.8 Å². The molecular weight excluding hydrogens is 340 g/mol. The predicted molar refractivity (Wildman–Crippen MR) is 105 cm³/mol. The molecule has 0 saturated carbocycles. The number of ether oxygens (including phenoxy) is 2. The van der Waals surface area contributed by atoms with Crippen molar-refractivity contribution in [2.45, 2.75) is 19.8 Å². The number of hydrogen-bond acceptors (Lipinski definition) is 5. The number of nitrogens with one attached hydrogen (secondary N) is 1. The Morgan fingerprint density at radius 3 is 2.00 bits per heavy atom. The van der Waals surface area contributed by atoms with E-state index in [4.69, 9.17) is 14.6 Å². The van der Waals surface area contributed by atoms with E-state index in [-0.39, 0.29) is 6.61 Å². The summed E-state index contributed by atoms with van der Waals surface area (Å²) in [5.41, 5.74) is 3.00. The van der Waals surface area contributed by atoms with E-state index in [9.17, 15) is 0 Å². The molecule has 3 rings (SSSR count). The maximum atomic E-state index is 8.90. The van der Waals surface area contributed by atoms with Crippen LogP contribution in [0.5, 0.6) is 11.5 Å². The van der Waals surface area contributed by atoms with Crippen molar-refractivity contribution in [1.29, 1.82) is 0 Å². The minimum Gasteiger partial charge on any atom is -0.485 e. The summed E-state index contributed by atoms with van der Waals surface area (Å²) in [4.78, 5) is 4.43. The standard InChI is InChI=1S/C22H24N2O3/c25-12-11-23-14-20-13-21(26-16-18-7-3-1-4-8-18)22(15-24-20)27-17-19-9-5-2-6-10-19/h1-10,13,15,23,25H,11-12,14,16-17H2. The maximum Gasteiger partial charge on any atom is 0.179 e. The van der Waals surface area contributed by atoms with E-state index in [1.807, 2.05) is 66.7 Å². The maximum absolute atomic E-state index is 8.90. The Balaban J connectivity index is 1.71. The van der Waals surface area contributed by atoms with Crippen LogP contribution in [0, 0.1) is 0 Å². The second-order valence-electron chi connectivity index (χ2n) is 6.07. The zero-order valence-electron chi connectivity index (χ0n) is 15.2. The molecule has 2 N–H and O–H groups in total.